The van der Waals surface area contributed by atoms with E-state index in [-0.39, 0.29) is 20.6 Å². The van der Waals surface area contributed by atoms with Gasteiger partial charge in [0, 0.05) is 0 Å². The van der Waals surface area contributed by atoms with E-state index < -0.39 is 15.8 Å². The maximum absolute atomic E-state index is 13.1. The number of benzene rings is 2. The summed E-state index contributed by atoms with van der Waals surface area (Å²) in [6, 6.07) is 7.56. The highest BCUT2D eigenvalue weighted by molar-refractivity contribution is 7.92. The Bertz CT molecular complexity index is 781. The zero-order chi connectivity index (χ0) is 15.6. The van der Waals surface area contributed by atoms with Gasteiger partial charge in [-0.1, -0.05) is 23.2 Å². The van der Waals surface area contributed by atoms with E-state index in [2.05, 4.69) is 4.72 Å². The molecular formula is C13H10Cl2FNO3S. The average Bonchev–Trinajstić information content (AvgIpc) is 2.42. The molecule has 0 atom stereocenters. The van der Waals surface area contributed by atoms with Gasteiger partial charge in [-0.3, -0.25) is 4.72 Å². The van der Waals surface area contributed by atoms with Crippen LogP contribution in [0.4, 0.5) is 10.1 Å². The Hall–Kier alpha value is -1.50. The van der Waals surface area contributed by atoms with Crippen molar-refractivity contribution in [3.05, 3.63) is 52.3 Å². The van der Waals surface area contributed by atoms with Gasteiger partial charge in [0.1, 0.15) is 11.6 Å². The van der Waals surface area contributed by atoms with E-state index in [1.165, 1.54) is 37.4 Å². The molecule has 2 rings (SSSR count). The molecule has 0 aromatic heterocycles. The van der Waals surface area contributed by atoms with Gasteiger partial charge >= 0.3 is 0 Å². The van der Waals surface area contributed by atoms with Gasteiger partial charge in [-0.2, -0.15) is 0 Å². The molecule has 2 aromatic carbocycles. The van der Waals surface area contributed by atoms with Crippen LogP contribution >= 0.6 is 23.2 Å². The second kappa shape index (κ2) is 6.09. The van der Waals surface area contributed by atoms with Gasteiger partial charge < -0.3 is 4.74 Å². The lowest BCUT2D eigenvalue weighted by molar-refractivity contribution is 0.414. The third-order valence-electron chi connectivity index (χ3n) is 2.61. The van der Waals surface area contributed by atoms with Gasteiger partial charge in [-0.05, 0) is 36.4 Å². The average molecular weight is 350 g/mol. The lowest BCUT2D eigenvalue weighted by Crippen LogP contribution is -2.13. The zero-order valence-corrected chi connectivity index (χ0v) is 13.1. The third-order valence-corrected chi connectivity index (χ3v) is 4.57. The number of anilines is 1. The molecule has 0 bridgehead atoms. The number of sulfonamides is 1. The van der Waals surface area contributed by atoms with Crippen LogP contribution in [0, 0.1) is 5.82 Å². The molecule has 0 aliphatic carbocycles. The quantitative estimate of drug-likeness (QED) is 0.909. The normalized spacial score (nSPS) is 11.2. The molecule has 112 valence electrons. The van der Waals surface area contributed by atoms with Crippen LogP contribution in [0.15, 0.2) is 41.3 Å². The molecule has 8 heteroatoms. The third kappa shape index (κ3) is 3.58. The van der Waals surface area contributed by atoms with Crippen LogP contribution in [0.1, 0.15) is 0 Å². The first-order valence-corrected chi connectivity index (χ1v) is 7.89. The highest BCUT2D eigenvalue weighted by Crippen LogP contribution is 2.28. The lowest BCUT2D eigenvalue weighted by Gasteiger charge is -2.10. The molecule has 4 nitrogen and oxygen atoms in total. The topological polar surface area (TPSA) is 55.4 Å². The van der Waals surface area contributed by atoms with E-state index in [0.29, 0.717) is 5.75 Å². The summed E-state index contributed by atoms with van der Waals surface area (Å²) < 4.78 is 44.7. The van der Waals surface area contributed by atoms with E-state index in [1.54, 1.807) is 0 Å². The summed E-state index contributed by atoms with van der Waals surface area (Å²) in [5, 5.41) is -0.0134. The second-order valence-electron chi connectivity index (χ2n) is 4.03. The van der Waals surface area contributed by atoms with Crippen LogP contribution in [-0.2, 0) is 10.0 Å². The number of rotatable bonds is 4. The Kier molecular flexibility index (Phi) is 4.61. The Morgan fingerprint density at radius 1 is 1.10 bits per heavy atom. The molecule has 0 aliphatic rings. The number of nitrogens with one attached hydrogen (secondary N) is 1. The maximum Gasteiger partial charge on any atom is 0.261 e. The SMILES string of the molecule is COc1ccc(S(=O)(=O)Nc2ccc(F)c(Cl)c2)cc1Cl. The second-order valence-corrected chi connectivity index (χ2v) is 6.53. The Balaban J connectivity index is 2.33. The first-order chi connectivity index (χ1) is 9.83. The van der Waals surface area contributed by atoms with Crippen molar-refractivity contribution >= 4 is 38.9 Å². The first-order valence-electron chi connectivity index (χ1n) is 5.65. The van der Waals surface area contributed by atoms with E-state index in [4.69, 9.17) is 27.9 Å². The number of halogens is 3. The predicted octanol–water partition coefficient (Wildman–Crippen LogP) is 3.94. The molecule has 0 spiro atoms. The fourth-order valence-corrected chi connectivity index (χ4v) is 3.17. The molecular weight excluding hydrogens is 340 g/mol. The number of methoxy groups -OCH3 is 1. The van der Waals surface area contributed by atoms with E-state index in [1.807, 2.05) is 0 Å². The summed E-state index contributed by atoms with van der Waals surface area (Å²) in [5.41, 5.74) is 0.147. The standard InChI is InChI=1S/C13H10Cl2FNO3S/c1-20-13-5-3-9(7-11(13)15)21(18,19)17-8-2-4-12(16)10(14)6-8/h2-7,17H,1H3. The van der Waals surface area contributed by atoms with Gasteiger partial charge in [-0.25, -0.2) is 12.8 Å². The summed E-state index contributed by atoms with van der Waals surface area (Å²) in [4.78, 5) is -0.0475. The van der Waals surface area contributed by atoms with Gasteiger partial charge in [0.25, 0.3) is 10.0 Å². The Morgan fingerprint density at radius 2 is 1.81 bits per heavy atom. The van der Waals surface area contributed by atoms with Crippen molar-refractivity contribution in [1.29, 1.82) is 0 Å². The van der Waals surface area contributed by atoms with Crippen LogP contribution in [0.5, 0.6) is 5.75 Å². The van der Waals surface area contributed by atoms with Crippen molar-refractivity contribution < 1.29 is 17.5 Å². The molecule has 0 heterocycles. The van der Waals surface area contributed by atoms with Crippen molar-refractivity contribution in [1.82, 2.24) is 0 Å². The summed E-state index contributed by atoms with van der Waals surface area (Å²) >= 11 is 11.5. The molecule has 0 saturated heterocycles. The van der Waals surface area contributed by atoms with Crippen molar-refractivity contribution in [2.45, 2.75) is 4.90 Å². The highest BCUT2D eigenvalue weighted by Gasteiger charge is 2.16. The summed E-state index contributed by atoms with van der Waals surface area (Å²) in [6.45, 7) is 0. The van der Waals surface area contributed by atoms with Crippen LogP contribution < -0.4 is 9.46 Å². The summed E-state index contributed by atoms with van der Waals surface area (Å²) in [6.07, 6.45) is 0. The van der Waals surface area contributed by atoms with Gasteiger partial charge in [0.2, 0.25) is 0 Å². The minimum atomic E-state index is -3.86. The summed E-state index contributed by atoms with van der Waals surface area (Å²) in [5.74, 6) is -0.271. The number of ether oxygens (including phenoxy) is 1. The van der Waals surface area contributed by atoms with Crippen molar-refractivity contribution in [2.75, 3.05) is 11.8 Å². The molecule has 0 amide bonds. The van der Waals surface area contributed by atoms with Crippen LogP contribution in [0.3, 0.4) is 0 Å². The minimum absolute atomic E-state index is 0.0475. The molecule has 0 fully saturated rings. The van der Waals surface area contributed by atoms with Crippen molar-refractivity contribution in [3.63, 3.8) is 0 Å². The van der Waals surface area contributed by atoms with Crippen LogP contribution in [0.2, 0.25) is 10.0 Å². The minimum Gasteiger partial charge on any atom is -0.495 e. The highest BCUT2D eigenvalue weighted by atomic mass is 35.5. The van der Waals surface area contributed by atoms with Gasteiger partial charge in [0.05, 0.1) is 27.7 Å². The molecule has 0 unspecified atom stereocenters. The maximum atomic E-state index is 13.1. The summed E-state index contributed by atoms with van der Waals surface area (Å²) in [7, 11) is -2.44. The van der Waals surface area contributed by atoms with Crippen molar-refractivity contribution in [3.8, 4) is 5.75 Å². The molecule has 1 N–H and O–H groups in total. The smallest absolute Gasteiger partial charge is 0.261 e. The van der Waals surface area contributed by atoms with E-state index >= 15 is 0 Å². The van der Waals surface area contributed by atoms with Crippen LogP contribution in [0.25, 0.3) is 0 Å². The first kappa shape index (κ1) is 15.9. The van der Waals surface area contributed by atoms with Gasteiger partial charge in [0.15, 0.2) is 0 Å². The Morgan fingerprint density at radius 3 is 2.38 bits per heavy atom. The van der Waals surface area contributed by atoms with E-state index in [0.717, 1.165) is 6.07 Å². The fraction of sp³-hybridized carbons (Fsp3) is 0.0769. The predicted molar refractivity (Wildman–Crippen MR) is 80.2 cm³/mol. The zero-order valence-electron chi connectivity index (χ0n) is 10.7. The van der Waals surface area contributed by atoms with E-state index in [9.17, 15) is 12.8 Å². The van der Waals surface area contributed by atoms with Gasteiger partial charge in [-0.15, -0.1) is 0 Å². The lowest BCUT2D eigenvalue weighted by atomic mass is 10.3. The Labute approximate surface area is 131 Å². The van der Waals surface area contributed by atoms with Crippen LogP contribution in [-0.4, -0.2) is 15.5 Å². The molecule has 21 heavy (non-hydrogen) atoms. The monoisotopic (exact) mass is 349 g/mol. The largest absolute Gasteiger partial charge is 0.495 e. The molecule has 2 aromatic rings. The molecule has 0 saturated carbocycles. The molecule has 0 aliphatic heterocycles. The molecule has 0 radical (unpaired) electrons. The van der Waals surface area contributed by atoms with Crippen molar-refractivity contribution in [2.24, 2.45) is 0 Å². The fourth-order valence-electron chi connectivity index (χ4n) is 1.59. The number of hydrogen-bond acceptors (Lipinski definition) is 3. The number of hydrogen-bond donors (Lipinski definition) is 1.